The fraction of sp³-hybridized carbons (Fsp3) is 0.455. The van der Waals surface area contributed by atoms with Crippen LogP contribution in [0.4, 0.5) is 0 Å². The Morgan fingerprint density at radius 1 is 1.41 bits per heavy atom. The van der Waals surface area contributed by atoms with Crippen molar-refractivity contribution in [1.82, 2.24) is 4.98 Å². The Hall–Kier alpha value is -1.52. The largest absolute Gasteiger partial charge is 0.394 e. The Bertz CT molecular complexity index is 445. The van der Waals surface area contributed by atoms with Crippen molar-refractivity contribution in [1.29, 1.82) is 5.26 Å². The van der Waals surface area contributed by atoms with E-state index >= 15 is 0 Å². The Morgan fingerprint density at radius 3 is 2.76 bits per heavy atom. The van der Waals surface area contributed by atoms with E-state index in [0.29, 0.717) is 5.56 Å². The van der Waals surface area contributed by atoms with Crippen LogP contribution in [0.2, 0.25) is 0 Å². The zero-order valence-corrected chi connectivity index (χ0v) is 8.89. The van der Waals surface area contributed by atoms with E-state index in [1.165, 1.54) is 12.4 Å². The lowest BCUT2D eigenvalue weighted by Crippen LogP contribution is -2.32. The van der Waals surface area contributed by atoms with Gasteiger partial charge in [-0.2, -0.15) is 5.26 Å². The molecule has 1 unspecified atom stereocenters. The van der Waals surface area contributed by atoms with Crippen molar-refractivity contribution in [3.63, 3.8) is 0 Å². The molecular formula is C11H12N2O4. The molecule has 2 heterocycles. The van der Waals surface area contributed by atoms with E-state index < -0.39 is 24.4 Å². The van der Waals surface area contributed by atoms with E-state index in [2.05, 4.69) is 4.98 Å². The molecule has 0 spiro atoms. The Labute approximate surface area is 97.7 Å². The summed E-state index contributed by atoms with van der Waals surface area (Å²) in [4.78, 5) is 3.80. The van der Waals surface area contributed by atoms with Gasteiger partial charge < -0.3 is 20.1 Å². The van der Waals surface area contributed by atoms with Crippen molar-refractivity contribution in [2.24, 2.45) is 0 Å². The van der Waals surface area contributed by atoms with Crippen LogP contribution in [0.15, 0.2) is 18.5 Å². The first-order valence-electron chi connectivity index (χ1n) is 5.15. The number of aromatic nitrogens is 1. The number of nitriles is 1. The van der Waals surface area contributed by atoms with Crippen molar-refractivity contribution >= 4 is 0 Å². The van der Waals surface area contributed by atoms with E-state index in [9.17, 15) is 10.2 Å². The van der Waals surface area contributed by atoms with Gasteiger partial charge in [-0.1, -0.05) is 0 Å². The molecule has 90 valence electrons. The molecule has 1 aliphatic rings. The molecule has 0 radical (unpaired) electrons. The number of hydrogen-bond donors (Lipinski definition) is 3. The summed E-state index contributed by atoms with van der Waals surface area (Å²) in [6, 6.07) is 3.50. The topological polar surface area (TPSA) is 107 Å². The number of aliphatic hydroxyl groups is 3. The van der Waals surface area contributed by atoms with Crippen molar-refractivity contribution < 1.29 is 20.1 Å². The molecule has 0 amide bonds. The summed E-state index contributed by atoms with van der Waals surface area (Å²) in [5.74, 6) is 0. The number of aliphatic hydroxyl groups excluding tert-OH is 3. The van der Waals surface area contributed by atoms with Gasteiger partial charge in [0.25, 0.3) is 0 Å². The van der Waals surface area contributed by atoms with E-state index in [-0.39, 0.29) is 12.2 Å². The molecule has 0 aliphatic carbocycles. The van der Waals surface area contributed by atoms with E-state index in [1.807, 2.05) is 6.07 Å². The molecule has 0 bridgehead atoms. The third-order valence-corrected chi connectivity index (χ3v) is 2.82. The molecule has 1 fully saturated rings. The van der Waals surface area contributed by atoms with Gasteiger partial charge in [0.2, 0.25) is 0 Å². The molecule has 1 saturated heterocycles. The van der Waals surface area contributed by atoms with Crippen LogP contribution < -0.4 is 0 Å². The van der Waals surface area contributed by atoms with Crippen molar-refractivity contribution in [2.45, 2.75) is 24.4 Å². The van der Waals surface area contributed by atoms with Gasteiger partial charge in [0, 0.05) is 18.0 Å². The van der Waals surface area contributed by atoms with Crippen LogP contribution in [0.5, 0.6) is 0 Å². The van der Waals surface area contributed by atoms with E-state index in [4.69, 9.17) is 15.1 Å². The van der Waals surface area contributed by atoms with Gasteiger partial charge in [0.15, 0.2) is 0 Å². The summed E-state index contributed by atoms with van der Waals surface area (Å²) in [6.07, 6.45) is -1.14. The zero-order chi connectivity index (χ0) is 12.4. The summed E-state index contributed by atoms with van der Waals surface area (Å²) in [5, 5.41) is 37.3. The molecule has 6 heteroatoms. The minimum Gasteiger partial charge on any atom is -0.394 e. The predicted molar refractivity (Wildman–Crippen MR) is 55.7 cm³/mol. The highest BCUT2D eigenvalue weighted by atomic mass is 16.6. The second-order valence-electron chi connectivity index (χ2n) is 3.83. The number of hydrogen-bond acceptors (Lipinski definition) is 6. The van der Waals surface area contributed by atoms with Gasteiger partial charge in [0.05, 0.1) is 12.2 Å². The minimum absolute atomic E-state index is 0.280. The van der Waals surface area contributed by atoms with E-state index in [0.717, 1.165) is 0 Å². The quantitative estimate of drug-likeness (QED) is 0.614. The zero-order valence-electron chi connectivity index (χ0n) is 8.89. The molecule has 1 aliphatic heterocycles. The van der Waals surface area contributed by atoms with Crippen LogP contribution in [0.3, 0.4) is 0 Å². The number of pyridine rings is 1. The smallest absolute Gasteiger partial charge is 0.113 e. The van der Waals surface area contributed by atoms with Crippen LogP contribution in [0.25, 0.3) is 0 Å². The molecule has 0 saturated carbocycles. The van der Waals surface area contributed by atoms with Crippen LogP contribution in [-0.2, 0) is 4.74 Å². The van der Waals surface area contributed by atoms with Crippen LogP contribution >= 0.6 is 0 Å². The standard InChI is InChI=1S/C11H12N2O4/c12-3-6-4-13-2-1-7(6)11-10(16)9(15)8(5-14)17-11/h1-2,4,8-11,14-16H,5H2/t8-,9-,10-,11?/m1/s1. The summed E-state index contributed by atoms with van der Waals surface area (Å²) in [6.45, 7) is -0.387. The third kappa shape index (κ3) is 2.01. The van der Waals surface area contributed by atoms with Gasteiger partial charge in [-0.3, -0.25) is 4.98 Å². The van der Waals surface area contributed by atoms with E-state index in [1.54, 1.807) is 6.07 Å². The fourth-order valence-electron chi connectivity index (χ4n) is 1.90. The van der Waals surface area contributed by atoms with Crippen molar-refractivity contribution in [2.75, 3.05) is 6.61 Å². The summed E-state index contributed by atoms with van der Waals surface area (Å²) >= 11 is 0. The molecule has 1 aromatic heterocycles. The first-order valence-corrected chi connectivity index (χ1v) is 5.15. The number of nitrogens with zero attached hydrogens (tertiary/aromatic N) is 2. The summed E-state index contributed by atoms with van der Waals surface area (Å²) in [7, 11) is 0. The molecule has 17 heavy (non-hydrogen) atoms. The fourth-order valence-corrected chi connectivity index (χ4v) is 1.90. The third-order valence-electron chi connectivity index (χ3n) is 2.82. The lowest BCUT2D eigenvalue weighted by Gasteiger charge is -2.15. The maximum absolute atomic E-state index is 9.82. The Kier molecular flexibility index (Phi) is 3.36. The van der Waals surface area contributed by atoms with Crippen molar-refractivity contribution in [3.8, 4) is 6.07 Å². The minimum atomic E-state index is -1.17. The monoisotopic (exact) mass is 236 g/mol. The highest BCUT2D eigenvalue weighted by Gasteiger charge is 2.43. The normalized spacial score (nSPS) is 32.4. The molecule has 6 nitrogen and oxygen atoms in total. The SMILES string of the molecule is N#Cc1cnccc1C1O[C@H](CO)[C@@H](O)[C@H]1O. The average molecular weight is 236 g/mol. The number of ether oxygens (including phenoxy) is 1. The second-order valence-corrected chi connectivity index (χ2v) is 3.83. The van der Waals surface area contributed by atoms with Gasteiger partial charge in [-0.15, -0.1) is 0 Å². The lowest BCUT2D eigenvalue weighted by molar-refractivity contribution is -0.0228. The first-order chi connectivity index (χ1) is 8.19. The highest BCUT2D eigenvalue weighted by Crippen LogP contribution is 2.34. The summed E-state index contributed by atoms with van der Waals surface area (Å²) in [5.41, 5.74) is 0.743. The molecular weight excluding hydrogens is 224 g/mol. The maximum Gasteiger partial charge on any atom is 0.113 e. The molecule has 0 aromatic carbocycles. The van der Waals surface area contributed by atoms with Crippen LogP contribution in [-0.4, -0.2) is 45.2 Å². The van der Waals surface area contributed by atoms with Gasteiger partial charge in [0.1, 0.15) is 30.5 Å². The van der Waals surface area contributed by atoms with Crippen LogP contribution in [0, 0.1) is 11.3 Å². The summed E-state index contributed by atoms with van der Waals surface area (Å²) < 4.78 is 5.33. The number of rotatable bonds is 2. The maximum atomic E-state index is 9.82. The molecule has 3 N–H and O–H groups in total. The van der Waals surface area contributed by atoms with Crippen LogP contribution in [0.1, 0.15) is 17.2 Å². The molecule has 2 rings (SSSR count). The second kappa shape index (κ2) is 4.77. The van der Waals surface area contributed by atoms with Gasteiger partial charge in [-0.25, -0.2) is 0 Å². The van der Waals surface area contributed by atoms with Gasteiger partial charge in [-0.05, 0) is 6.07 Å². The van der Waals surface area contributed by atoms with Crippen molar-refractivity contribution in [3.05, 3.63) is 29.6 Å². The molecule has 4 atom stereocenters. The lowest BCUT2D eigenvalue weighted by atomic mass is 9.99. The Morgan fingerprint density at radius 2 is 2.18 bits per heavy atom. The Balaban J connectivity index is 2.32. The average Bonchev–Trinajstić information content (AvgIpc) is 2.66. The van der Waals surface area contributed by atoms with Gasteiger partial charge >= 0.3 is 0 Å². The molecule has 1 aromatic rings. The first kappa shape index (κ1) is 12.0. The highest BCUT2D eigenvalue weighted by molar-refractivity contribution is 5.37. The predicted octanol–water partition coefficient (Wildman–Crippen LogP) is -0.893.